The molecule has 0 spiro atoms. The van der Waals surface area contributed by atoms with Gasteiger partial charge in [-0.2, -0.15) is 5.10 Å². The van der Waals surface area contributed by atoms with Crippen molar-refractivity contribution >= 4 is 99.3 Å². The SMILES string of the molecule is Cc1c(-c2ccc(N3CCc4c(OCCCP(=O)(O)O)ccc(C(=O)Nc5nc6ccccc6s5)c4C3)nc2C(=O)O)cnn1CC12CCCC(C)(CC(C)(CCOCCN(C)C(=O)OCc3ccc(NC(=O)[C@H](CCCNC(N)=O)NC(=O)[C@@H](NC(=O)CCCCCN4C(=O)C=CC4=O)C(C)C)cc3)C1)C2. The van der Waals surface area contributed by atoms with Gasteiger partial charge in [-0.05, 0) is 166 Å². The minimum Gasteiger partial charge on any atom is -0.493 e. The highest BCUT2D eigenvalue weighted by atomic mass is 32.1. The second kappa shape index (κ2) is 35.4. The third-order valence-electron chi connectivity index (χ3n) is 20.6. The molecule has 0 saturated heterocycles. The van der Waals surface area contributed by atoms with Crippen molar-refractivity contribution in [2.75, 3.05) is 74.7 Å². The number of para-hydroxylation sites is 1. The zero-order chi connectivity index (χ0) is 76.8. The van der Waals surface area contributed by atoms with Gasteiger partial charge in [0.05, 0.1) is 35.8 Å². The number of primary amides is 1. The summed E-state index contributed by atoms with van der Waals surface area (Å²) in [6, 6.07) is 18.4. The van der Waals surface area contributed by atoms with Crippen LogP contribution >= 0.6 is 18.9 Å². The van der Waals surface area contributed by atoms with Crippen LogP contribution in [-0.2, 0) is 64.1 Å². The molecule has 3 unspecified atom stereocenters. The van der Waals surface area contributed by atoms with E-state index < -0.39 is 49.6 Å². The number of unbranched alkanes of at least 4 members (excludes halogenated alkanes) is 2. The minimum absolute atomic E-state index is 0.0492. The maximum Gasteiger partial charge on any atom is 0.409 e. The van der Waals surface area contributed by atoms with Crippen molar-refractivity contribution in [1.82, 2.24) is 45.5 Å². The number of nitrogens with zero attached hydrogens (tertiary/aromatic N) is 7. The van der Waals surface area contributed by atoms with Gasteiger partial charge in [0.25, 0.3) is 17.7 Å². The maximum atomic E-state index is 14.1. The molecule has 2 fully saturated rings. The number of urea groups is 1. The summed E-state index contributed by atoms with van der Waals surface area (Å²) in [6.07, 6.45) is 12.9. The number of anilines is 3. The predicted octanol–water partition coefficient (Wildman–Crippen LogP) is 9.86. The lowest BCUT2D eigenvalue weighted by atomic mass is 9.48. The standard InChI is InChI=1S/C76H98N13O16PS/c1-48(2)65(84-62(90)18-8-7-11-34-88-63(91)27-28-64(88)92)69(95)81-58(16-12-33-78-71(77)98)68(94)80-51-21-19-50(20-22-51)43-105-73(99)86(6)36-39-103-38-32-75(5)44-74(4)30-13-31-76(45-74,46-75)47-89-49(3)55(41-79-89)53-24-26-61(83-66(53)70(96)97)87-35-29-52-56(42-87)54(23-25-59(52)104-37-14-40-106(100,101)102)67(93)85-72-82-57-15-9-10-17-60(57)107-72/h9-10,15,17,19-28,41,48,58,65H,7-8,11-14,16,18,29-40,42-47H2,1-6H3,(H,80,94)(H,81,95)(H,84,90)(H,96,97)(H3,77,78,98)(H,82,85,93)(H2,100,101,102)/t58-,65-,74?,75?,76?/m0/s1. The molecule has 574 valence electrons. The number of carbonyl (C=O) groups excluding carboxylic acids is 8. The number of amides is 9. The lowest BCUT2D eigenvalue weighted by molar-refractivity contribution is -0.137. The lowest BCUT2D eigenvalue weighted by Crippen LogP contribution is -2.54. The molecule has 2 saturated carbocycles. The van der Waals surface area contributed by atoms with Crippen molar-refractivity contribution < 1.29 is 76.8 Å². The fourth-order valence-corrected chi connectivity index (χ4v) is 17.1. The van der Waals surface area contributed by atoms with E-state index in [1.54, 1.807) is 75.6 Å². The first-order valence-corrected chi connectivity index (χ1v) is 39.1. The smallest absolute Gasteiger partial charge is 0.409 e. The number of carboxylic acid groups (broad SMARTS) is 1. The minimum atomic E-state index is -4.24. The summed E-state index contributed by atoms with van der Waals surface area (Å²) < 4.78 is 32.5. The summed E-state index contributed by atoms with van der Waals surface area (Å²) in [5.41, 5.74) is 10.5. The topological polar surface area (TPSA) is 399 Å². The molecular formula is C76H98N13O16PS. The van der Waals surface area contributed by atoms with E-state index in [0.29, 0.717) is 95.6 Å². The molecule has 4 aliphatic rings. The first kappa shape index (κ1) is 79.9. The number of hydrogen-bond acceptors (Lipinski definition) is 18. The van der Waals surface area contributed by atoms with Gasteiger partial charge in [0.1, 0.15) is 30.3 Å². The molecular weight excluding hydrogens is 1410 g/mol. The third kappa shape index (κ3) is 21.4. The van der Waals surface area contributed by atoms with Crippen molar-refractivity contribution in [2.24, 2.45) is 27.9 Å². The first-order chi connectivity index (χ1) is 51.0. The molecule has 2 aliphatic carbocycles. The number of carboxylic acids is 1. The second-order valence-corrected chi connectivity index (χ2v) is 32.5. The summed E-state index contributed by atoms with van der Waals surface area (Å²) in [5.74, 6) is -3.26. The number of imide groups is 1. The number of likely N-dealkylation sites (N-methyl/N-ethyl adjacent to an activating group) is 1. The van der Waals surface area contributed by atoms with Crippen LogP contribution in [0.2, 0.25) is 0 Å². The maximum absolute atomic E-state index is 14.1. The van der Waals surface area contributed by atoms with Crippen LogP contribution in [0.1, 0.15) is 161 Å². The Hall–Kier alpha value is -9.61. The molecule has 5 atom stereocenters. The number of aromatic carboxylic acids is 1. The number of rotatable bonds is 36. The number of pyridine rings is 1. The Bertz CT molecular complexity index is 4300. The predicted molar refractivity (Wildman–Crippen MR) is 402 cm³/mol. The van der Waals surface area contributed by atoms with Crippen LogP contribution in [0.5, 0.6) is 5.75 Å². The van der Waals surface area contributed by atoms with Gasteiger partial charge in [-0.3, -0.25) is 48.2 Å². The van der Waals surface area contributed by atoms with E-state index in [4.69, 9.17) is 30.0 Å². The van der Waals surface area contributed by atoms with Crippen LogP contribution in [-0.4, -0.2) is 169 Å². The largest absolute Gasteiger partial charge is 0.493 e. The summed E-state index contributed by atoms with van der Waals surface area (Å²) in [7, 11) is -2.60. The molecule has 9 amide bonds. The van der Waals surface area contributed by atoms with E-state index in [2.05, 4.69) is 45.4 Å². The molecule has 6 aromatic rings. The Morgan fingerprint density at radius 1 is 0.822 bits per heavy atom. The number of nitrogens with two attached hydrogens (primary N) is 1. The van der Waals surface area contributed by atoms with E-state index in [9.17, 15) is 62.6 Å². The fraction of sp³-hybridized carbons (Fsp3) is 0.500. The number of fused-ring (bicyclic) bond motifs is 4. The first-order valence-electron chi connectivity index (χ1n) is 36.5. The number of thiazole rings is 1. The Morgan fingerprint density at radius 3 is 2.32 bits per heavy atom. The normalized spacial score (nSPS) is 18.9. The Labute approximate surface area is 625 Å². The summed E-state index contributed by atoms with van der Waals surface area (Å²) >= 11 is 1.35. The molecule has 10 rings (SSSR count). The van der Waals surface area contributed by atoms with Crippen LogP contribution in [0, 0.1) is 29.1 Å². The molecule has 2 aliphatic heterocycles. The van der Waals surface area contributed by atoms with Gasteiger partial charge in [-0.1, -0.05) is 76.1 Å². The average molecular weight is 1510 g/mol. The van der Waals surface area contributed by atoms with Crippen LogP contribution in [0.15, 0.2) is 91.1 Å². The van der Waals surface area contributed by atoms with Crippen molar-refractivity contribution in [2.45, 2.75) is 163 Å². The molecule has 5 heterocycles. The molecule has 3 aromatic heterocycles. The highest BCUT2D eigenvalue weighted by molar-refractivity contribution is 7.51. The van der Waals surface area contributed by atoms with E-state index in [1.807, 2.05) is 40.8 Å². The number of nitrogens with one attached hydrogen (secondary N) is 5. The van der Waals surface area contributed by atoms with Crippen molar-refractivity contribution in [3.63, 3.8) is 0 Å². The van der Waals surface area contributed by atoms with Gasteiger partial charge in [-0.15, -0.1) is 0 Å². The molecule has 29 nitrogen and oxygen atoms in total. The zero-order valence-electron chi connectivity index (χ0n) is 61.5. The lowest BCUT2D eigenvalue weighted by Gasteiger charge is -2.58. The highest BCUT2D eigenvalue weighted by Gasteiger charge is 2.53. The van der Waals surface area contributed by atoms with Gasteiger partial charge in [0, 0.05) is 105 Å². The van der Waals surface area contributed by atoms with E-state index >= 15 is 0 Å². The molecule has 0 radical (unpaired) electrons. The van der Waals surface area contributed by atoms with Crippen molar-refractivity contribution in [3.8, 4) is 16.9 Å². The summed E-state index contributed by atoms with van der Waals surface area (Å²) in [5, 5.41) is 30.0. The highest BCUT2D eigenvalue weighted by Crippen LogP contribution is 2.63. The Balaban J connectivity index is 0.696. The Morgan fingerprint density at radius 2 is 1.59 bits per heavy atom. The average Bonchev–Trinajstić information content (AvgIpc) is 1.49. The quantitative estimate of drug-likeness (QED) is 0.0100. The number of hydrogen-bond donors (Lipinski definition) is 9. The fourth-order valence-electron chi connectivity index (χ4n) is 15.7. The van der Waals surface area contributed by atoms with Crippen LogP contribution in [0.3, 0.4) is 0 Å². The summed E-state index contributed by atoms with van der Waals surface area (Å²) in [4.78, 5) is 149. The van der Waals surface area contributed by atoms with Gasteiger partial charge in [0.15, 0.2) is 10.8 Å². The second-order valence-electron chi connectivity index (χ2n) is 29.7. The number of aromatic nitrogens is 4. The monoisotopic (exact) mass is 1510 g/mol. The zero-order valence-corrected chi connectivity index (χ0v) is 63.2. The van der Waals surface area contributed by atoms with Gasteiger partial charge < -0.3 is 65.9 Å². The molecule has 31 heteroatoms. The molecule has 2 bridgehead atoms. The third-order valence-corrected chi connectivity index (χ3v) is 22.4. The van der Waals surface area contributed by atoms with E-state index in [1.165, 1.54) is 28.4 Å². The van der Waals surface area contributed by atoms with Crippen molar-refractivity contribution in [1.29, 1.82) is 0 Å². The van der Waals surface area contributed by atoms with Crippen molar-refractivity contribution in [3.05, 3.63) is 125 Å². The number of ether oxygens (including phenoxy) is 3. The Kier molecular flexibility index (Phi) is 26.5. The van der Waals surface area contributed by atoms with Gasteiger partial charge in [-0.25, -0.2) is 24.4 Å². The van der Waals surface area contributed by atoms with Gasteiger partial charge in [0.2, 0.25) is 17.7 Å². The van der Waals surface area contributed by atoms with Crippen LogP contribution < -0.4 is 42.0 Å². The number of benzene rings is 3. The van der Waals surface area contributed by atoms with E-state index in [0.717, 1.165) is 71.3 Å². The number of carbonyl (C=O) groups is 9. The molecule has 3 aromatic carbocycles. The molecule has 107 heavy (non-hydrogen) atoms. The van der Waals surface area contributed by atoms with Crippen LogP contribution in [0.4, 0.5) is 26.2 Å². The summed E-state index contributed by atoms with van der Waals surface area (Å²) in [6.45, 7) is 12.9. The molecule has 10 N–H and O–H groups in total. The van der Waals surface area contributed by atoms with Crippen LogP contribution in [0.25, 0.3) is 21.3 Å². The van der Waals surface area contributed by atoms with Gasteiger partial charge >= 0.3 is 25.7 Å². The van der Waals surface area contributed by atoms with E-state index in [-0.39, 0.29) is 129 Å².